The van der Waals surface area contributed by atoms with Gasteiger partial charge in [0.15, 0.2) is 0 Å². The maximum atomic E-state index is 10.5. The van der Waals surface area contributed by atoms with Crippen LogP contribution in [0.1, 0.15) is 38.2 Å². The van der Waals surface area contributed by atoms with Crippen LogP contribution in [0.2, 0.25) is 0 Å². The molecule has 1 aromatic rings. The minimum atomic E-state index is -0.192. The molecule has 2 heteroatoms. The summed E-state index contributed by atoms with van der Waals surface area (Å²) in [6, 6.07) is 10.4. The Bertz CT molecular complexity index is 293. The Balaban J connectivity index is 2.25. The third-order valence-electron chi connectivity index (χ3n) is 2.46. The second-order valence-electron chi connectivity index (χ2n) is 3.79. The van der Waals surface area contributed by atoms with Crippen molar-refractivity contribution in [1.29, 1.82) is 0 Å². The van der Waals surface area contributed by atoms with Crippen LogP contribution < -0.4 is 0 Å². The van der Waals surface area contributed by atoms with Crippen molar-refractivity contribution in [2.24, 2.45) is 0 Å². The molecule has 0 saturated carbocycles. The number of hydrogen-bond acceptors (Lipinski definition) is 2. The van der Waals surface area contributed by atoms with Crippen LogP contribution in [-0.4, -0.2) is 12.6 Å². The fraction of sp³-hybridized carbons (Fsp3) is 0.462. The van der Waals surface area contributed by atoms with E-state index in [0.717, 1.165) is 12.8 Å². The Morgan fingerprint density at radius 1 is 1.33 bits per heavy atom. The fourth-order valence-corrected chi connectivity index (χ4v) is 1.55. The maximum absolute atomic E-state index is 10.5. The lowest BCUT2D eigenvalue weighted by Gasteiger charge is -2.11. The molecule has 0 aromatic heterocycles. The van der Waals surface area contributed by atoms with Gasteiger partial charge < -0.3 is 4.74 Å². The molecule has 0 heterocycles. The van der Waals surface area contributed by atoms with E-state index in [0.29, 0.717) is 12.5 Å². The number of rotatable bonds is 5. The summed E-state index contributed by atoms with van der Waals surface area (Å²) in [6.45, 7) is 4.18. The average molecular weight is 206 g/mol. The van der Waals surface area contributed by atoms with E-state index in [1.54, 1.807) is 0 Å². The first-order valence-corrected chi connectivity index (χ1v) is 5.38. The molecule has 0 aliphatic carbocycles. The Morgan fingerprint density at radius 3 is 2.60 bits per heavy atom. The van der Waals surface area contributed by atoms with Gasteiger partial charge in [0.1, 0.15) is 0 Å². The summed E-state index contributed by atoms with van der Waals surface area (Å²) in [7, 11) is 0. The van der Waals surface area contributed by atoms with Crippen molar-refractivity contribution in [2.75, 3.05) is 6.61 Å². The molecule has 15 heavy (non-hydrogen) atoms. The van der Waals surface area contributed by atoms with Crippen molar-refractivity contribution in [3.63, 3.8) is 0 Å². The predicted molar refractivity (Wildman–Crippen MR) is 60.7 cm³/mol. The number of benzene rings is 1. The van der Waals surface area contributed by atoms with Gasteiger partial charge in [-0.25, -0.2) is 0 Å². The largest absolute Gasteiger partial charge is 0.466 e. The van der Waals surface area contributed by atoms with Crippen LogP contribution in [0.25, 0.3) is 0 Å². The van der Waals surface area contributed by atoms with Crippen molar-refractivity contribution in [2.45, 2.75) is 32.6 Å². The second-order valence-corrected chi connectivity index (χ2v) is 3.79. The molecule has 82 valence electrons. The van der Waals surface area contributed by atoms with Crippen molar-refractivity contribution in [1.82, 2.24) is 0 Å². The molecule has 0 fully saturated rings. The fourth-order valence-electron chi connectivity index (χ4n) is 1.55. The van der Waals surface area contributed by atoms with E-state index in [9.17, 15) is 4.79 Å². The van der Waals surface area contributed by atoms with Gasteiger partial charge in [-0.15, -0.1) is 0 Å². The van der Waals surface area contributed by atoms with Crippen LogP contribution in [0.3, 0.4) is 0 Å². The number of carbonyl (C=O) groups is 1. The van der Waals surface area contributed by atoms with Gasteiger partial charge >= 0.3 is 5.97 Å². The molecule has 1 rings (SSSR count). The summed E-state index contributed by atoms with van der Waals surface area (Å²) >= 11 is 0. The van der Waals surface area contributed by atoms with E-state index in [2.05, 4.69) is 31.2 Å². The lowest BCUT2D eigenvalue weighted by molar-refractivity contribution is -0.141. The monoisotopic (exact) mass is 206 g/mol. The van der Waals surface area contributed by atoms with Crippen molar-refractivity contribution in [3.05, 3.63) is 35.9 Å². The van der Waals surface area contributed by atoms with E-state index >= 15 is 0 Å². The summed E-state index contributed by atoms with van der Waals surface area (Å²) < 4.78 is 4.89. The molecule has 2 nitrogen and oxygen atoms in total. The second kappa shape index (κ2) is 6.23. The highest BCUT2D eigenvalue weighted by Crippen LogP contribution is 2.19. The highest BCUT2D eigenvalue weighted by atomic mass is 16.5. The van der Waals surface area contributed by atoms with Gasteiger partial charge in [-0.3, -0.25) is 4.79 Å². The standard InChI is InChI=1S/C13H18O2/c1-11(7-6-10-15-12(2)14)13-8-4-3-5-9-13/h3-5,8-9,11H,6-7,10H2,1-2H3. The molecule has 0 aliphatic heterocycles. The number of hydrogen-bond donors (Lipinski definition) is 0. The number of carbonyl (C=O) groups excluding carboxylic acids is 1. The van der Waals surface area contributed by atoms with Crippen LogP contribution >= 0.6 is 0 Å². The third kappa shape index (κ3) is 4.63. The Labute approximate surface area is 91.3 Å². The summed E-state index contributed by atoms with van der Waals surface area (Å²) in [5, 5.41) is 0. The van der Waals surface area contributed by atoms with E-state index < -0.39 is 0 Å². The lowest BCUT2D eigenvalue weighted by Crippen LogP contribution is -2.02. The van der Waals surface area contributed by atoms with E-state index in [-0.39, 0.29) is 5.97 Å². The third-order valence-corrected chi connectivity index (χ3v) is 2.46. The van der Waals surface area contributed by atoms with Crippen molar-refractivity contribution >= 4 is 5.97 Å². The molecule has 1 aromatic carbocycles. The van der Waals surface area contributed by atoms with Crippen LogP contribution in [-0.2, 0) is 9.53 Å². The SMILES string of the molecule is CC(=O)OCCCC(C)c1ccccc1. The molecule has 0 N–H and O–H groups in total. The minimum Gasteiger partial charge on any atom is -0.466 e. The molecule has 0 radical (unpaired) electrons. The van der Waals surface area contributed by atoms with E-state index in [4.69, 9.17) is 4.74 Å². The van der Waals surface area contributed by atoms with Crippen LogP contribution in [0.15, 0.2) is 30.3 Å². The van der Waals surface area contributed by atoms with Gasteiger partial charge in [0.2, 0.25) is 0 Å². The highest BCUT2D eigenvalue weighted by molar-refractivity contribution is 5.65. The molecular formula is C13H18O2. The molecule has 0 saturated heterocycles. The summed E-state index contributed by atoms with van der Waals surface area (Å²) in [6.07, 6.45) is 1.98. The van der Waals surface area contributed by atoms with Crippen LogP contribution in [0, 0.1) is 0 Å². The molecule has 1 atom stereocenters. The first-order chi connectivity index (χ1) is 7.20. The maximum Gasteiger partial charge on any atom is 0.302 e. The van der Waals surface area contributed by atoms with Crippen molar-refractivity contribution in [3.8, 4) is 0 Å². The summed E-state index contributed by atoms with van der Waals surface area (Å²) in [5.41, 5.74) is 1.35. The smallest absolute Gasteiger partial charge is 0.302 e. The van der Waals surface area contributed by atoms with Crippen LogP contribution in [0.4, 0.5) is 0 Å². The zero-order valence-corrected chi connectivity index (χ0v) is 9.40. The highest BCUT2D eigenvalue weighted by Gasteiger charge is 2.04. The van der Waals surface area contributed by atoms with Crippen LogP contribution in [0.5, 0.6) is 0 Å². The van der Waals surface area contributed by atoms with E-state index in [1.165, 1.54) is 12.5 Å². The first-order valence-electron chi connectivity index (χ1n) is 5.38. The quantitative estimate of drug-likeness (QED) is 0.546. The molecule has 0 spiro atoms. The van der Waals surface area contributed by atoms with Gasteiger partial charge in [0.05, 0.1) is 6.61 Å². The first kappa shape index (κ1) is 11.8. The number of esters is 1. The Morgan fingerprint density at radius 2 is 2.00 bits per heavy atom. The minimum absolute atomic E-state index is 0.192. The summed E-state index contributed by atoms with van der Waals surface area (Å²) in [5.74, 6) is 0.337. The van der Waals surface area contributed by atoms with Gasteiger partial charge in [-0.05, 0) is 24.3 Å². The van der Waals surface area contributed by atoms with Gasteiger partial charge in [0, 0.05) is 6.92 Å². The Kier molecular flexibility index (Phi) is 4.88. The molecular weight excluding hydrogens is 188 g/mol. The van der Waals surface area contributed by atoms with E-state index in [1.807, 2.05) is 6.07 Å². The average Bonchev–Trinajstić information content (AvgIpc) is 2.25. The van der Waals surface area contributed by atoms with Gasteiger partial charge in [-0.2, -0.15) is 0 Å². The Hall–Kier alpha value is -1.31. The van der Waals surface area contributed by atoms with Gasteiger partial charge in [0.25, 0.3) is 0 Å². The molecule has 0 amide bonds. The lowest BCUT2D eigenvalue weighted by atomic mass is 9.97. The molecule has 1 unspecified atom stereocenters. The molecule has 0 bridgehead atoms. The normalized spacial score (nSPS) is 12.1. The number of ether oxygens (including phenoxy) is 1. The summed E-state index contributed by atoms with van der Waals surface area (Å²) in [4.78, 5) is 10.5. The van der Waals surface area contributed by atoms with Crippen molar-refractivity contribution < 1.29 is 9.53 Å². The zero-order valence-electron chi connectivity index (χ0n) is 9.40. The van der Waals surface area contributed by atoms with Gasteiger partial charge in [-0.1, -0.05) is 37.3 Å². The topological polar surface area (TPSA) is 26.3 Å². The zero-order chi connectivity index (χ0) is 11.1. The predicted octanol–water partition coefficient (Wildman–Crippen LogP) is 3.13. The molecule has 0 aliphatic rings.